The maximum atomic E-state index is 11.5. The summed E-state index contributed by atoms with van der Waals surface area (Å²) in [5, 5.41) is 12.0. The average Bonchev–Trinajstić information content (AvgIpc) is 2.22. The summed E-state index contributed by atoms with van der Waals surface area (Å²) in [6.07, 6.45) is 0.754. The van der Waals surface area contributed by atoms with E-state index in [0.29, 0.717) is 23.6 Å². The van der Waals surface area contributed by atoms with Crippen LogP contribution in [0.2, 0.25) is 0 Å². The maximum Gasteiger partial charge on any atom is 0.251 e. The van der Waals surface area contributed by atoms with E-state index in [1.54, 1.807) is 19.1 Å². The second-order valence-electron chi connectivity index (χ2n) is 3.30. The van der Waals surface area contributed by atoms with Gasteiger partial charge in [0.2, 0.25) is 0 Å². The van der Waals surface area contributed by atoms with E-state index in [1.165, 1.54) is 6.07 Å². The van der Waals surface area contributed by atoms with Gasteiger partial charge in [0.15, 0.2) is 0 Å². The third-order valence-electron chi connectivity index (χ3n) is 2.05. The first-order valence-electron chi connectivity index (χ1n) is 4.79. The van der Waals surface area contributed by atoms with Crippen LogP contribution >= 0.6 is 11.6 Å². The highest BCUT2D eigenvalue weighted by atomic mass is 35.5. The van der Waals surface area contributed by atoms with Gasteiger partial charge < -0.3 is 10.4 Å². The molecule has 1 rings (SSSR count). The highest BCUT2D eigenvalue weighted by molar-refractivity contribution is 6.17. The number of hydrogen-bond donors (Lipinski definition) is 2. The van der Waals surface area contributed by atoms with Crippen molar-refractivity contribution in [3.63, 3.8) is 0 Å². The fraction of sp³-hybridized carbons (Fsp3) is 0.364. The minimum absolute atomic E-state index is 0.136. The van der Waals surface area contributed by atoms with E-state index in [9.17, 15) is 9.90 Å². The number of aromatic hydroxyl groups is 1. The van der Waals surface area contributed by atoms with Crippen molar-refractivity contribution >= 4 is 17.5 Å². The number of alkyl halides is 1. The Bertz CT molecular complexity index is 352. The van der Waals surface area contributed by atoms with Gasteiger partial charge in [-0.05, 0) is 37.1 Å². The van der Waals surface area contributed by atoms with Gasteiger partial charge in [0.05, 0.1) is 0 Å². The molecule has 0 aromatic heterocycles. The quantitative estimate of drug-likeness (QED) is 0.611. The number of amides is 1. The van der Waals surface area contributed by atoms with Crippen molar-refractivity contribution in [3.8, 4) is 5.75 Å². The topological polar surface area (TPSA) is 49.3 Å². The van der Waals surface area contributed by atoms with E-state index >= 15 is 0 Å². The van der Waals surface area contributed by atoms with Gasteiger partial charge in [-0.1, -0.05) is 0 Å². The van der Waals surface area contributed by atoms with Crippen LogP contribution in [-0.4, -0.2) is 23.4 Å². The molecular weight excluding hydrogens is 214 g/mol. The lowest BCUT2D eigenvalue weighted by molar-refractivity contribution is 0.0953. The van der Waals surface area contributed by atoms with Crippen molar-refractivity contribution < 1.29 is 9.90 Å². The molecule has 0 saturated carbocycles. The highest BCUT2D eigenvalue weighted by Crippen LogP contribution is 2.16. The number of nitrogens with one attached hydrogen (secondary N) is 1. The SMILES string of the molecule is Cc1cc(C(=O)NCCCCl)ccc1O. The number of carbonyl (C=O) groups excluding carboxylic acids is 1. The number of carbonyl (C=O) groups is 1. The van der Waals surface area contributed by atoms with Gasteiger partial charge in [-0.25, -0.2) is 0 Å². The number of phenols is 1. The zero-order valence-corrected chi connectivity index (χ0v) is 9.34. The van der Waals surface area contributed by atoms with Crippen LogP contribution in [0.15, 0.2) is 18.2 Å². The van der Waals surface area contributed by atoms with Crippen LogP contribution in [0.4, 0.5) is 0 Å². The third-order valence-corrected chi connectivity index (χ3v) is 2.32. The second kappa shape index (κ2) is 5.61. The highest BCUT2D eigenvalue weighted by Gasteiger charge is 2.06. The minimum Gasteiger partial charge on any atom is -0.508 e. The summed E-state index contributed by atoms with van der Waals surface area (Å²) < 4.78 is 0. The van der Waals surface area contributed by atoms with Crippen molar-refractivity contribution in [1.29, 1.82) is 0 Å². The fourth-order valence-corrected chi connectivity index (χ4v) is 1.30. The first-order chi connectivity index (χ1) is 7.15. The van der Waals surface area contributed by atoms with Gasteiger partial charge >= 0.3 is 0 Å². The summed E-state index contributed by atoms with van der Waals surface area (Å²) in [7, 11) is 0. The van der Waals surface area contributed by atoms with E-state index in [2.05, 4.69) is 5.32 Å². The maximum absolute atomic E-state index is 11.5. The van der Waals surface area contributed by atoms with Crippen LogP contribution in [0, 0.1) is 6.92 Å². The molecule has 0 atom stereocenters. The number of rotatable bonds is 4. The lowest BCUT2D eigenvalue weighted by atomic mass is 10.1. The molecule has 0 radical (unpaired) electrons. The monoisotopic (exact) mass is 227 g/mol. The van der Waals surface area contributed by atoms with Crippen LogP contribution in [0.5, 0.6) is 5.75 Å². The van der Waals surface area contributed by atoms with Crippen molar-refractivity contribution in [2.24, 2.45) is 0 Å². The number of halogens is 1. The number of phenolic OH excluding ortho intramolecular Hbond substituents is 1. The van der Waals surface area contributed by atoms with Gasteiger partial charge in [0.25, 0.3) is 5.91 Å². The molecule has 0 aliphatic heterocycles. The predicted molar refractivity (Wildman–Crippen MR) is 60.5 cm³/mol. The van der Waals surface area contributed by atoms with Crippen molar-refractivity contribution in [2.45, 2.75) is 13.3 Å². The van der Waals surface area contributed by atoms with Crippen LogP contribution in [0.25, 0.3) is 0 Å². The van der Waals surface area contributed by atoms with Crippen molar-refractivity contribution in [1.82, 2.24) is 5.32 Å². The van der Waals surface area contributed by atoms with E-state index < -0.39 is 0 Å². The standard InChI is InChI=1S/C11H14ClNO2/c1-8-7-9(3-4-10(8)14)11(15)13-6-2-5-12/h3-4,7,14H,2,5-6H2,1H3,(H,13,15). The molecule has 3 nitrogen and oxygen atoms in total. The Balaban J connectivity index is 2.62. The summed E-state index contributed by atoms with van der Waals surface area (Å²) in [6.45, 7) is 2.33. The van der Waals surface area contributed by atoms with E-state index in [-0.39, 0.29) is 11.7 Å². The molecular formula is C11H14ClNO2. The number of benzene rings is 1. The Kier molecular flexibility index (Phi) is 4.43. The molecule has 0 unspecified atom stereocenters. The second-order valence-corrected chi connectivity index (χ2v) is 3.68. The van der Waals surface area contributed by atoms with Gasteiger partial charge in [-0.3, -0.25) is 4.79 Å². The lowest BCUT2D eigenvalue weighted by Gasteiger charge is -2.05. The average molecular weight is 228 g/mol. The Morgan fingerprint density at radius 3 is 2.87 bits per heavy atom. The summed E-state index contributed by atoms with van der Waals surface area (Å²) >= 11 is 5.49. The molecule has 1 aromatic rings. The minimum atomic E-state index is -0.136. The largest absolute Gasteiger partial charge is 0.508 e. The van der Waals surface area contributed by atoms with Crippen molar-refractivity contribution in [2.75, 3.05) is 12.4 Å². The first-order valence-corrected chi connectivity index (χ1v) is 5.32. The molecule has 1 aromatic carbocycles. The zero-order chi connectivity index (χ0) is 11.3. The van der Waals surface area contributed by atoms with E-state index in [4.69, 9.17) is 11.6 Å². The fourth-order valence-electron chi connectivity index (χ4n) is 1.17. The summed E-state index contributed by atoms with van der Waals surface area (Å²) in [5.41, 5.74) is 1.25. The smallest absolute Gasteiger partial charge is 0.251 e. The molecule has 1 amide bonds. The van der Waals surface area contributed by atoms with Gasteiger partial charge in [0, 0.05) is 18.0 Å². The molecule has 4 heteroatoms. The number of hydrogen-bond acceptors (Lipinski definition) is 2. The summed E-state index contributed by atoms with van der Waals surface area (Å²) in [6, 6.07) is 4.77. The van der Waals surface area contributed by atoms with Crippen LogP contribution < -0.4 is 5.32 Å². The Morgan fingerprint density at radius 2 is 2.27 bits per heavy atom. The normalized spacial score (nSPS) is 10.0. The van der Waals surface area contributed by atoms with Crippen LogP contribution in [-0.2, 0) is 0 Å². The Morgan fingerprint density at radius 1 is 1.53 bits per heavy atom. The van der Waals surface area contributed by atoms with Gasteiger partial charge in [-0.15, -0.1) is 11.6 Å². The molecule has 0 fully saturated rings. The molecule has 0 spiro atoms. The predicted octanol–water partition coefficient (Wildman–Crippen LogP) is 2.06. The Hall–Kier alpha value is -1.22. The van der Waals surface area contributed by atoms with E-state index in [1.807, 2.05) is 0 Å². The molecule has 2 N–H and O–H groups in total. The third kappa shape index (κ3) is 3.44. The molecule has 0 saturated heterocycles. The van der Waals surface area contributed by atoms with Crippen molar-refractivity contribution in [3.05, 3.63) is 29.3 Å². The van der Waals surface area contributed by atoms with Crippen LogP contribution in [0.1, 0.15) is 22.3 Å². The molecule has 0 heterocycles. The van der Waals surface area contributed by atoms with Gasteiger partial charge in [0.1, 0.15) is 5.75 Å². The zero-order valence-electron chi connectivity index (χ0n) is 8.59. The molecule has 15 heavy (non-hydrogen) atoms. The van der Waals surface area contributed by atoms with Crippen LogP contribution in [0.3, 0.4) is 0 Å². The van der Waals surface area contributed by atoms with E-state index in [0.717, 1.165) is 6.42 Å². The molecule has 82 valence electrons. The molecule has 0 aliphatic carbocycles. The first kappa shape index (κ1) is 11.9. The molecule has 0 bridgehead atoms. The molecule has 0 aliphatic rings. The Labute approximate surface area is 94.1 Å². The summed E-state index contributed by atoms with van der Waals surface area (Å²) in [4.78, 5) is 11.5. The number of aryl methyl sites for hydroxylation is 1. The lowest BCUT2D eigenvalue weighted by Crippen LogP contribution is -2.24. The summed E-state index contributed by atoms with van der Waals surface area (Å²) in [5.74, 6) is 0.602. The van der Waals surface area contributed by atoms with Gasteiger partial charge in [-0.2, -0.15) is 0 Å².